The van der Waals surface area contributed by atoms with Crippen molar-refractivity contribution in [3.63, 3.8) is 0 Å². The fourth-order valence-electron chi connectivity index (χ4n) is 2.11. The number of nitrogens with one attached hydrogen (secondary N) is 1. The van der Waals surface area contributed by atoms with E-state index in [0.29, 0.717) is 5.75 Å². The second-order valence-corrected chi connectivity index (χ2v) is 4.31. The summed E-state index contributed by atoms with van der Waals surface area (Å²) in [5, 5.41) is 0. The standard InChI is InChI=1S/C15H18N2O2/c1-6-12-15(17-10(3)16-12)11-8-14(19-5)13(18-4)7-9(11)2/h6-8H,1H2,2-5H3,(H,16,17). The third kappa shape index (κ3) is 2.34. The van der Waals surface area contributed by atoms with Gasteiger partial charge in [0.15, 0.2) is 11.5 Å². The quantitative estimate of drug-likeness (QED) is 0.914. The minimum Gasteiger partial charge on any atom is -0.493 e. The second kappa shape index (κ2) is 5.18. The molecule has 0 fully saturated rings. The molecule has 4 nitrogen and oxygen atoms in total. The Balaban J connectivity index is 2.64. The van der Waals surface area contributed by atoms with Crippen molar-refractivity contribution in [2.45, 2.75) is 13.8 Å². The first kappa shape index (κ1) is 13.2. The smallest absolute Gasteiger partial charge is 0.161 e. The lowest BCUT2D eigenvalue weighted by Crippen LogP contribution is -1.94. The number of nitrogens with zero attached hydrogens (tertiary/aromatic N) is 1. The minimum absolute atomic E-state index is 0.699. The maximum atomic E-state index is 5.35. The highest BCUT2D eigenvalue weighted by Gasteiger charge is 2.14. The number of aromatic amines is 1. The van der Waals surface area contributed by atoms with E-state index < -0.39 is 0 Å². The summed E-state index contributed by atoms with van der Waals surface area (Å²) in [6, 6.07) is 3.91. The van der Waals surface area contributed by atoms with Gasteiger partial charge < -0.3 is 14.5 Å². The molecule has 0 saturated carbocycles. The van der Waals surface area contributed by atoms with Crippen molar-refractivity contribution < 1.29 is 9.47 Å². The maximum absolute atomic E-state index is 5.35. The zero-order chi connectivity index (χ0) is 14.0. The number of hydrogen-bond donors (Lipinski definition) is 1. The van der Waals surface area contributed by atoms with Gasteiger partial charge in [-0.1, -0.05) is 6.58 Å². The molecule has 0 unspecified atom stereocenters. The van der Waals surface area contributed by atoms with E-state index in [4.69, 9.17) is 9.47 Å². The third-order valence-electron chi connectivity index (χ3n) is 3.04. The van der Waals surface area contributed by atoms with E-state index in [1.165, 1.54) is 0 Å². The van der Waals surface area contributed by atoms with Crippen LogP contribution in [0.5, 0.6) is 11.5 Å². The molecule has 0 radical (unpaired) electrons. The highest BCUT2D eigenvalue weighted by atomic mass is 16.5. The molecule has 0 saturated heterocycles. The van der Waals surface area contributed by atoms with Crippen molar-refractivity contribution in [2.24, 2.45) is 0 Å². The molecular weight excluding hydrogens is 240 g/mol. The predicted molar refractivity (Wildman–Crippen MR) is 76.7 cm³/mol. The van der Waals surface area contributed by atoms with Crippen LogP contribution in [0.25, 0.3) is 17.3 Å². The van der Waals surface area contributed by atoms with Crippen LogP contribution in [0, 0.1) is 13.8 Å². The number of methoxy groups -OCH3 is 2. The van der Waals surface area contributed by atoms with Crippen LogP contribution in [0.15, 0.2) is 18.7 Å². The lowest BCUT2D eigenvalue weighted by Gasteiger charge is -2.12. The van der Waals surface area contributed by atoms with Gasteiger partial charge in [-0.15, -0.1) is 0 Å². The van der Waals surface area contributed by atoms with Gasteiger partial charge in [-0.25, -0.2) is 4.98 Å². The summed E-state index contributed by atoms with van der Waals surface area (Å²) < 4.78 is 10.6. The van der Waals surface area contributed by atoms with Crippen LogP contribution >= 0.6 is 0 Å². The monoisotopic (exact) mass is 258 g/mol. The van der Waals surface area contributed by atoms with Gasteiger partial charge in [0, 0.05) is 5.56 Å². The van der Waals surface area contributed by atoms with Gasteiger partial charge in [-0.3, -0.25) is 0 Å². The van der Waals surface area contributed by atoms with Crippen LogP contribution in [0.2, 0.25) is 0 Å². The average Bonchev–Trinajstić information content (AvgIpc) is 2.79. The van der Waals surface area contributed by atoms with Crippen LogP contribution in [0.1, 0.15) is 17.1 Å². The van der Waals surface area contributed by atoms with Gasteiger partial charge >= 0.3 is 0 Å². The zero-order valence-corrected chi connectivity index (χ0v) is 11.7. The largest absolute Gasteiger partial charge is 0.493 e. The van der Waals surface area contributed by atoms with Crippen LogP contribution in [-0.2, 0) is 0 Å². The van der Waals surface area contributed by atoms with Gasteiger partial charge in [0.1, 0.15) is 5.82 Å². The Kier molecular flexibility index (Phi) is 3.60. The van der Waals surface area contributed by atoms with Gasteiger partial charge in [0.05, 0.1) is 25.6 Å². The summed E-state index contributed by atoms with van der Waals surface area (Å²) in [4.78, 5) is 7.66. The van der Waals surface area contributed by atoms with Crippen molar-refractivity contribution in [1.82, 2.24) is 9.97 Å². The molecule has 2 aromatic rings. The predicted octanol–water partition coefficient (Wildman–Crippen LogP) is 3.35. The number of H-pyrrole nitrogens is 1. The molecule has 0 aliphatic rings. The lowest BCUT2D eigenvalue weighted by molar-refractivity contribution is 0.355. The summed E-state index contributed by atoms with van der Waals surface area (Å²) in [6.07, 6.45) is 1.75. The van der Waals surface area contributed by atoms with Crippen LogP contribution in [0.4, 0.5) is 0 Å². The van der Waals surface area contributed by atoms with E-state index >= 15 is 0 Å². The fourth-order valence-corrected chi connectivity index (χ4v) is 2.11. The molecular formula is C15H18N2O2. The number of benzene rings is 1. The molecule has 4 heteroatoms. The SMILES string of the molecule is C=Cc1nc(C)[nH]c1-c1cc(OC)c(OC)cc1C. The first-order valence-electron chi connectivity index (χ1n) is 6.02. The van der Waals surface area contributed by atoms with Crippen molar-refractivity contribution >= 4 is 6.08 Å². The van der Waals surface area contributed by atoms with Gasteiger partial charge in [-0.2, -0.15) is 0 Å². The first-order chi connectivity index (χ1) is 9.10. The number of aromatic nitrogens is 2. The molecule has 0 bridgehead atoms. The van der Waals surface area contributed by atoms with Gasteiger partial charge in [0.2, 0.25) is 0 Å². The molecule has 1 N–H and O–H groups in total. The minimum atomic E-state index is 0.699. The van der Waals surface area contributed by atoms with Crippen molar-refractivity contribution in [3.05, 3.63) is 35.8 Å². The number of imidazole rings is 1. The topological polar surface area (TPSA) is 47.1 Å². The Morgan fingerprint density at radius 3 is 2.37 bits per heavy atom. The first-order valence-corrected chi connectivity index (χ1v) is 6.02. The number of rotatable bonds is 4. The lowest BCUT2D eigenvalue weighted by atomic mass is 10.0. The molecule has 1 aromatic heterocycles. The Hall–Kier alpha value is -2.23. The molecule has 100 valence electrons. The van der Waals surface area contributed by atoms with E-state index in [1.807, 2.05) is 26.0 Å². The van der Waals surface area contributed by atoms with E-state index in [9.17, 15) is 0 Å². The third-order valence-corrected chi connectivity index (χ3v) is 3.04. The van der Waals surface area contributed by atoms with Crippen LogP contribution in [0.3, 0.4) is 0 Å². The molecule has 1 aromatic carbocycles. The second-order valence-electron chi connectivity index (χ2n) is 4.31. The number of ether oxygens (including phenoxy) is 2. The highest BCUT2D eigenvalue weighted by Crippen LogP contribution is 2.36. The molecule has 0 aliphatic heterocycles. The Labute approximate surface area is 113 Å². The summed E-state index contributed by atoms with van der Waals surface area (Å²) in [5.41, 5.74) is 3.91. The van der Waals surface area contributed by atoms with Crippen LogP contribution < -0.4 is 9.47 Å². The fraction of sp³-hybridized carbons (Fsp3) is 0.267. The van der Waals surface area contributed by atoms with E-state index in [0.717, 1.165) is 34.1 Å². The molecule has 0 spiro atoms. The average molecular weight is 258 g/mol. The van der Waals surface area contributed by atoms with Gasteiger partial charge in [0.25, 0.3) is 0 Å². The Morgan fingerprint density at radius 2 is 1.79 bits per heavy atom. The molecule has 19 heavy (non-hydrogen) atoms. The Morgan fingerprint density at radius 1 is 1.16 bits per heavy atom. The van der Waals surface area contributed by atoms with Crippen LogP contribution in [-0.4, -0.2) is 24.2 Å². The highest BCUT2D eigenvalue weighted by molar-refractivity contribution is 5.74. The van der Waals surface area contributed by atoms with Crippen molar-refractivity contribution in [3.8, 4) is 22.8 Å². The summed E-state index contributed by atoms with van der Waals surface area (Å²) in [6.45, 7) is 7.75. The van der Waals surface area contributed by atoms with E-state index in [-0.39, 0.29) is 0 Å². The zero-order valence-electron chi connectivity index (χ0n) is 11.7. The van der Waals surface area contributed by atoms with Gasteiger partial charge in [-0.05, 0) is 37.6 Å². The van der Waals surface area contributed by atoms with E-state index in [1.54, 1.807) is 20.3 Å². The number of aryl methyl sites for hydroxylation is 2. The van der Waals surface area contributed by atoms with Crippen molar-refractivity contribution in [1.29, 1.82) is 0 Å². The number of hydrogen-bond acceptors (Lipinski definition) is 3. The molecule has 1 heterocycles. The summed E-state index contributed by atoms with van der Waals surface area (Å²) >= 11 is 0. The maximum Gasteiger partial charge on any atom is 0.161 e. The summed E-state index contributed by atoms with van der Waals surface area (Å²) in [5.74, 6) is 2.28. The molecule has 0 aliphatic carbocycles. The molecule has 0 amide bonds. The molecule has 0 atom stereocenters. The molecule has 2 rings (SSSR count). The summed E-state index contributed by atoms with van der Waals surface area (Å²) in [7, 11) is 3.26. The van der Waals surface area contributed by atoms with E-state index in [2.05, 4.69) is 16.5 Å². The Bertz CT molecular complexity index is 615. The van der Waals surface area contributed by atoms with Crippen molar-refractivity contribution in [2.75, 3.05) is 14.2 Å². The normalized spacial score (nSPS) is 10.3.